The third kappa shape index (κ3) is 3.99. The van der Waals surface area contributed by atoms with Gasteiger partial charge >= 0.3 is 0 Å². The summed E-state index contributed by atoms with van der Waals surface area (Å²) in [6.07, 6.45) is 7.67. The van der Waals surface area contributed by atoms with E-state index in [4.69, 9.17) is 23.2 Å². The van der Waals surface area contributed by atoms with Gasteiger partial charge in [0.1, 0.15) is 12.2 Å². The van der Waals surface area contributed by atoms with Crippen LogP contribution in [-0.2, 0) is 4.79 Å². The minimum Gasteiger partial charge on any atom is -0.403 e. The Morgan fingerprint density at radius 3 is 2.91 bits per heavy atom. The average molecular weight is 336 g/mol. The topological polar surface area (TPSA) is 106 Å². The molecule has 8 nitrogen and oxygen atoms in total. The van der Waals surface area contributed by atoms with Crippen molar-refractivity contribution in [2.24, 2.45) is 11.6 Å². The lowest BCUT2D eigenvalue weighted by Gasteiger charge is -2.22. The van der Waals surface area contributed by atoms with Gasteiger partial charge in [0.25, 0.3) is 0 Å². The number of nitrogens with zero attached hydrogens (tertiary/aromatic N) is 5. The number of hydrazine groups is 1. The number of amides is 1. The van der Waals surface area contributed by atoms with Crippen LogP contribution in [0, 0.1) is 0 Å². The highest BCUT2D eigenvalue weighted by molar-refractivity contribution is 6.32. The van der Waals surface area contributed by atoms with E-state index in [1.807, 2.05) is 13.0 Å². The average Bonchev–Trinajstić information content (AvgIpc) is 2.91. The highest BCUT2D eigenvalue weighted by Gasteiger charge is 2.21. The molecule has 2 rings (SSSR count). The molecule has 0 aliphatic heterocycles. The highest BCUT2D eigenvalue weighted by atomic mass is 35.5. The summed E-state index contributed by atoms with van der Waals surface area (Å²) in [5, 5.41) is 5.64. The van der Waals surface area contributed by atoms with Crippen molar-refractivity contribution in [3.05, 3.63) is 48.3 Å². The molecule has 0 saturated carbocycles. The molecule has 0 fully saturated rings. The smallest absolute Gasteiger partial charge is 0.248 e. The molecule has 0 bridgehead atoms. The Morgan fingerprint density at radius 1 is 1.52 bits per heavy atom. The largest absolute Gasteiger partial charge is 0.403 e. The van der Waals surface area contributed by atoms with Crippen molar-refractivity contribution < 1.29 is 4.79 Å². The van der Waals surface area contributed by atoms with Crippen LogP contribution in [0.3, 0.4) is 0 Å². The fraction of sp³-hybridized carbons (Fsp3) is 0.214. The van der Waals surface area contributed by atoms with Crippen LogP contribution in [0.25, 0.3) is 5.69 Å². The number of halogens is 1. The summed E-state index contributed by atoms with van der Waals surface area (Å²) < 4.78 is 1.57. The molecule has 4 N–H and O–H groups in total. The number of pyridine rings is 1. The number of likely N-dealkylation sites (N-methyl/N-ethyl adjacent to an activating group) is 1. The van der Waals surface area contributed by atoms with Crippen molar-refractivity contribution in [1.82, 2.24) is 19.8 Å². The second kappa shape index (κ2) is 7.61. The first-order valence-electron chi connectivity index (χ1n) is 6.92. The summed E-state index contributed by atoms with van der Waals surface area (Å²) in [5.41, 5.74) is 6.50. The predicted octanol–water partition coefficient (Wildman–Crippen LogP) is 0.879. The molecule has 0 atom stereocenters. The maximum atomic E-state index is 12.4. The molecule has 2 heterocycles. The maximum Gasteiger partial charge on any atom is 0.248 e. The molecular formula is C14H18ClN7O. The summed E-state index contributed by atoms with van der Waals surface area (Å²) in [4.78, 5) is 17.9. The molecule has 122 valence electrons. The predicted molar refractivity (Wildman–Crippen MR) is 88.6 cm³/mol. The lowest BCUT2D eigenvalue weighted by Crippen LogP contribution is -2.41. The first-order valence-corrected chi connectivity index (χ1v) is 7.30. The summed E-state index contributed by atoms with van der Waals surface area (Å²) in [7, 11) is 0. The lowest BCUT2D eigenvalue weighted by molar-refractivity contribution is -0.119. The van der Waals surface area contributed by atoms with E-state index >= 15 is 0 Å². The molecule has 23 heavy (non-hydrogen) atoms. The van der Waals surface area contributed by atoms with E-state index in [0.29, 0.717) is 12.2 Å². The monoisotopic (exact) mass is 335 g/mol. The molecule has 0 saturated heterocycles. The molecule has 1 amide bonds. The number of aromatic nitrogens is 3. The zero-order valence-corrected chi connectivity index (χ0v) is 13.4. The normalized spacial score (nSPS) is 10.9. The van der Waals surface area contributed by atoms with Gasteiger partial charge in [-0.3, -0.25) is 9.78 Å². The summed E-state index contributed by atoms with van der Waals surface area (Å²) in [6.45, 7) is 2.24. The Kier molecular flexibility index (Phi) is 5.56. The molecule has 0 aliphatic carbocycles. The Balaban J connectivity index is 2.25. The van der Waals surface area contributed by atoms with Gasteiger partial charge in [-0.1, -0.05) is 11.6 Å². The molecule has 9 heteroatoms. The number of carbonyl (C=O) groups excluding carboxylic acids is 1. The second-order valence-electron chi connectivity index (χ2n) is 4.61. The van der Waals surface area contributed by atoms with Gasteiger partial charge in [-0.05, 0) is 19.1 Å². The van der Waals surface area contributed by atoms with Crippen molar-refractivity contribution in [3.63, 3.8) is 0 Å². The Hall–Kier alpha value is -2.58. The molecule has 0 radical (unpaired) electrons. The van der Waals surface area contributed by atoms with E-state index in [0.717, 1.165) is 5.69 Å². The Labute approximate surface area is 138 Å². The number of carbonyl (C=O) groups is 1. The fourth-order valence-corrected chi connectivity index (χ4v) is 2.26. The Bertz CT molecular complexity index is 686. The first kappa shape index (κ1) is 16.8. The van der Waals surface area contributed by atoms with Crippen LogP contribution < -0.4 is 16.5 Å². The van der Waals surface area contributed by atoms with E-state index in [-0.39, 0.29) is 17.6 Å². The van der Waals surface area contributed by atoms with Gasteiger partial charge < -0.3 is 15.6 Å². The second-order valence-corrected chi connectivity index (χ2v) is 4.97. The molecular weight excluding hydrogens is 318 g/mol. The van der Waals surface area contributed by atoms with Crippen LogP contribution in [0.15, 0.2) is 43.1 Å². The van der Waals surface area contributed by atoms with Crippen molar-refractivity contribution in [3.8, 4) is 5.69 Å². The van der Waals surface area contributed by atoms with E-state index in [1.54, 1.807) is 29.3 Å². The van der Waals surface area contributed by atoms with E-state index in [9.17, 15) is 4.79 Å². The quantitative estimate of drug-likeness (QED) is 0.599. The molecule has 0 aliphatic rings. The van der Waals surface area contributed by atoms with Crippen LogP contribution >= 0.6 is 11.6 Å². The van der Waals surface area contributed by atoms with Gasteiger partial charge in [0, 0.05) is 25.1 Å². The fourth-order valence-electron chi connectivity index (χ4n) is 2.03. The number of hydrogen-bond acceptors (Lipinski definition) is 6. The minimum absolute atomic E-state index is 0.0318. The third-order valence-electron chi connectivity index (χ3n) is 3.07. The van der Waals surface area contributed by atoms with Gasteiger partial charge in [0.2, 0.25) is 5.91 Å². The molecule has 2 aromatic heterocycles. The maximum absolute atomic E-state index is 12.4. The van der Waals surface area contributed by atoms with E-state index < -0.39 is 0 Å². The summed E-state index contributed by atoms with van der Waals surface area (Å²) in [6, 6.07) is 3.63. The summed E-state index contributed by atoms with van der Waals surface area (Å²) in [5.74, 6) is 5.43. The number of rotatable bonds is 6. The van der Waals surface area contributed by atoms with Crippen molar-refractivity contribution >= 4 is 23.2 Å². The van der Waals surface area contributed by atoms with Crippen molar-refractivity contribution in [2.45, 2.75) is 6.92 Å². The third-order valence-corrected chi connectivity index (χ3v) is 3.33. The SMILES string of the molecule is CCN(C(=O)CN(N)/C=C\N)c1cn(-c2cccnc2)nc1Cl. The van der Waals surface area contributed by atoms with Gasteiger partial charge in [-0.25, -0.2) is 10.5 Å². The van der Waals surface area contributed by atoms with Crippen molar-refractivity contribution in [2.75, 3.05) is 18.0 Å². The minimum atomic E-state index is -0.222. The number of hydrogen-bond donors (Lipinski definition) is 2. The van der Waals surface area contributed by atoms with Gasteiger partial charge in [0.15, 0.2) is 5.15 Å². The number of anilines is 1. The molecule has 0 aromatic carbocycles. The van der Waals surface area contributed by atoms with Crippen molar-refractivity contribution in [1.29, 1.82) is 0 Å². The summed E-state index contributed by atoms with van der Waals surface area (Å²) >= 11 is 6.19. The van der Waals surface area contributed by atoms with Gasteiger partial charge in [0.05, 0.1) is 18.1 Å². The van der Waals surface area contributed by atoms with Crippen LogP contribution in [0.2, 0.25) is 5.15 Å². The van der Waals surface area contributed by atoms with Gasteiger partial charge in [-0.15, -0.1) is 0 Å². The van der Waals surface area contributed by atoms with Crippen LogP contribution in [-0.4, -0.2) is 38.8 Å². The van der Waals surface area contributed by atoms with Crippen LogP contribution in [0.5, 0.6) is 0 Å². The zero-order valence-electron chi connectivity index (χ0n) is 12.6. The van der Waals surface area contributed by atoms with E-state index in [1.165, 1.54) is 22.3 Å². The molecule has 0 spiro atoms. The zero-order chi connectivity index (χ0) is 16.8. The van der Waals surface area contributed by atoms with Crippen LogP contribution in [0.1, 0.15) is 6.92 Å². The van der Waals surface area contributed by atoms with Gasteiger partial charge in [-0.2, -0.15) is 5.10 Å². The first-order chi connectivity index (χ1) is 11.1. The van der Waals surface area contributed by atoms with E-state index in [2.05, 4.69) is 10.1 Å². The van der Waals surface area contributed by atoms with Crippen LogP contribution in [0.4, 0.5) is 5.69 Å². The standard InChI is InChI=1S/C14H18ClN7O/c1-2-21(13(23)10-20(17)7-5-16)12-9-22(19-14(12)15)11-4-3-6-18-8-11/h3-9H,2,10,16-17H2,1H3/b7-5-. The highest BCUT2D eigenvalue weighted by Crippen LogP contribution is 2.26. The lowest BCUT2D eigenvalue weighted by atomic mass is 10.4. The molecule has 0 unspecified atom stereocenters. The Morgan fingerprint density at radius 2 is 2.30 bits per heavy atom. The number of nitrogens with two attached hydrogens (primary N) is 2. The molecule has 2 aromatic rings.